The third-order valence-corrected chi connectivity index (χ3v) is 6.25. The van der Waals surface area contributed by atoms with Crippen LogP contribution in [0.4, 0.5) is 0 Å². The highest BCUT2D eigenvalue weighted by atomic mass is 32.2. The molecule has 1 N–H and O–H groups in total. The van der Waals surface area contributed by atoms with E-state index >= 15 is 0 Å². The van der Waals surface area contributed by atoms with Crippen LogP contribution < -0.4 is 0 Å². The number of carboxylic acids is 1. The van der Waals surface area contributed by atoms with Gasteiger partial charge in [-0.15, -0.1) is 23.5 Å². The predicted molar refractivity (Wildman–Crippen MR) is 84.7 cm³/mol. The van der Waals surface area contributed by atoms with E-state index in [0.717, 1.165) is 16.4 Å². The van der Waals surface area contributed by atoms with E-state index in [9.17, 15) is 9.90 Å². The zero-order valence-corrected chi connectivity index (χ0v) is 12.7. The van der Waals surface area contributed by atoms with Crippen molar-refractivity contribution in [3.8, 4) is 0 Å². The number of rotatable bonds is 3. The summed E-state index contributed by atoms with van der Waals surface area (Å²) in [4.78, 5) is 17.9. The van der Waals surface area contributed by atoms with Gasteiger partial charge in [0.15, 0.2) is 0 Å². The number of aliphatic carboxylic acids is 1. The molecule has 106 valence electrons. The van der Waals surface area contributed by atoms with E-state index in [1.807, 2.05) is 30.1 Å². The van der Waals surface area contributed by atoms with E-state index in [2.05, 4.69) is 12.1 Å². The Kier molecular flexibility index (Phi) is 4.05. The van der Waals surface area contributed by atoms with Gasteiger partial charge in [-0.25, -0.2) is 0 Å². The molecule has 1 unspecified atom stereocenters. The van der Waals surface area contributed by atoms with Crippen LogP contribution in [0.15, 0.2) is 35.3 Å². The summed E-state index contributed by atoms with van der Waals surface area (Å²) >= 11 is 3.47. The molecule has 1 saturated heterocycles. The summed E-state index contributed by atoms with van der Waals surface area (Å²) in [6.45, 7) is 0. The van der Waals surface area contributed by atoms with Gasteiger partial charge in [0.25, 0.3) is 0 Å². The quantitative estimate of drug-likeness (QED) is 0.926. The van der Waals surface area contributed by atoms with Crippen molar-refractivity contribution >= 4 is 34.5 Å². The minimum absolute atomic E-state index is 0.171. The lowest BCUT2D eigenvalue weighted by molar-refractivity contribution is -0.141. The Hall–Kier alpha value is -0.980. The van der Waals surface area contributed by atoms with Gasteiger partial charge in [0, 0.05) is 17.1 Å². The van der Waals surface area contributed by atoms with Gasteiger partial charge < -0.3 is 5.11 Å². The van der Waals surface area contributed by atoms with E-state index in [0.29, 0.717) is 5.75 Å². The largest absolute Gasteiger partial charge is 0.480 e. The zero-order chi connectivity index (χ0) is 14.1. The Bertz CT molecular complexity index is 535. The monoisotopic (exact) mass is 308 g/mol. The second kappa shape index (κ2) is 5.79. The fraction of sp³-hybridized carbons (Fsp3) is 0.429. The first kappa shape index (κ1) is 14.0. The van der Waals surface area contributed by atoms with Crippen molar-refractivity contribution in [2.75, 3.05) is 18.6 Å². The molecule has 0 aromatic heterocycles. The number of aliphatic imine (C=N–C) groups is 1. The topological polar surface area (TPSA) is 52.9 Å². The van der Waals surface area contributed by atoms with Crippen LogP contribution in [0.25, 0.3) is 0 Å². The highest BCUT2D eigenvalue weighted by molar-refractivity contribution is 8.14. The third-order valence-electron chi connectivity index (χ3n) is 3.63. The summed E-state index contributed by atoms with van der Waals surface area (Å²) in [5, 5.41) is 10.4. The minimum atomic E-state index is -0.736. The van der Waals surface area contributed by atoms with Crippen LogP contribution in [0.2, 0.25) is 0 Å². The maximum Gasteiger partial charge on any atom is 0.321 e. The maximum absolute atomic E-state index is 11.2. The first-order valence-corrected chi connectivity index (χ1v) is 8.52. The van der Waals surface area contributed by atoms with Crippen LogP contribution in [0.5, 0.6) is 0 Å². The zero-order valence-electron chi connectivity index (χ0n) is 11.1. The summed E-state index contributed by atoms with van der Waals surface area (Å²) < 4.78 is 0. The fourth-order valence-corrected chi connectivity index (χ4v) is 5.24. The summed E-state index contributed by atoms with van der Waals surface area (Å²) in [5.41, 5.74) is 1.15. The Morgan fingerprint density at radius 3 is 2.75 bits per heavy atom. The van der Waals surface area contributed by atoms with E-state index < -0.39 is 5.97 Å². The van der Waals surface area contributed by atoms with Crippen molar-refractivity contribution in [3.05, 3.63) is 35.9 Å². The number of hydrogen-bond acceptors (Lipinski definition) is 5. The molecule has 3 rings (SSSR count). The van der Waals surface area contributed by atoms with E-state index in [1.54, 1.807) is 23.5 Å². The van der Waals surface area contributed by atoms with Crippen molar-refractivity contribution in [2.45, 2.75) is 17.5 Å². The molecule has 1 aromatic rings. The molecule has 0 radical (unpaired) electrons. The maximum atomic E-state index is 11.2. The van der Waals surface area contributed by atoms with E-state index in [-0.39, 0.29) is 17.5 Å². The van der Waals surface area contributed by atoms with Crippen molar-refractivity contribution in [1.29, 1.82) is 0 Å². The lowest BCUT2D eigenvalue weighted by Gasteiger charge is -2.24. The standard InChI is InChI=1S/C14H16N2O2S2/c1-16-11(14(17)18)8-20-13(16)10-7-19-12(15-10)9-5-3-2-4-6-9/h2-6,10-11,13H,7-8H2,1H3,(H,17,18)/t10-,11+,13?/m0/s1. The molecule has 2 heterocycles. The molecule has 2 aliphatic rings. The lowest BCUT2D eigenvalue weighted by atomic mass is 10.2. The number of benzene rings is 1. The highest BCUT2D eigenvalue weighted by Crippen LogP contribution is 2.36. The normalized spacial score (nSPS) is 30.4. The molecule has 0 saturated carbocycles. The van der Waals surface area contributed by atoms with Gasteiger partial charge in [-0.05, 0) is 7.05 Å². The van der Waals surface area contributed by atoms with Crippen LogP contribution in [-0.2, 0) is 4.79 Å². The molecule has 1 aromatic carbocycles. The Labute approximate surface area is 126 Å². The van der Waals surface area contributed by atoms with Crippen LogP contribution >= 0.6 is 23.5 Å². The number of nitrogens with zero attached hydrogens (tertiary/aromatic N) is 2. The van der Waals surface area contributed by atoms with Crippen LogP contribution in [0.3, 0.4) is 0 Å². The summed E-state index contributed by atoms with van der Waals surface area (Å²) in [7, 11) is 1.89. The van der Waals surface area contributed by atoms with Gasteiger partial charge in [-0.2, -0.15) is 0 Å². The number of thioether (sulfide) groups is 2. The predicted octanol–water partition coefficient (Wildman–Crippen LogP) is 2.01. The average Bonchev–Trinajstić information content (AvgIpc) is 3.06. The Morgan fingerprint density at radius 1 is 1.35 bits per heavy atom. The SMILES string of the molecule is CN1C([C@@H]2CSC(c3ccccc3)=N2)SC[C@@H]1C(=O)O. The highest BCUT2D eigenvalue weighted by Gasteiger charge is 2.41. The van der Waals surface area contributed by atoms with Crippen molar-refractivity contribution in [1.82, 2.24) is 4.90 Å². The molecular weight excluding hydrogens is 292 g/mol. The minimum Gasteiger partial charge on any atom is -0.480 e. The van der Waals surface area contributed by atoms with Gasteiger partial charge in [0.1, 0.15) is 6.04 Å². The molecule has 0 spiro atoms. The number of hydrogen-bond donors (Lipinski definition) is 1. The van der Waals surface area contributed by atoms with E-state index in [4.69, 9.17) is 4.99 Å². The summed E-state index contributed by atoms with van der Waals surface area (Å²) in [6.07, 6.45) is 0. The molecule has 1 fully saturated rings. The van der Waals surface area contributed by atoms with Gasteiger partial charge in [0.05, 0.1) is 16.5 Å². The molecule has 3 atom stereocenters. The summed E-state index contributed by atoms with van der Waals surface area (Å²) in [6, 6.07) is 9.96. The van der Waals surface area contributed by atoms with E-state index in [1.165, 1.54) is 0 Å². The number of likely N-dealkylation sites (N-methyl/N-ethyl adjacent to an activating group) is 1. The van der Waals surface area contributed by atoms with Gasteiger partial charge in [-0.1, -0.05) is 30.3 Å². The average molecular weight is 308 g/mol. The molecule has 0 amide bonds. The van der Waals surface area contributed by atoms with Crippen LogP contribution in [0, 0.1) is 0 Å². The molecule has 6 heteroatoms. The second-order valence-electron chi connectivity index (χ2n) is 4.92. The van der Waals surface area contributed by atoms with Crippen LogP contribution in [0.1, 0.15) is 5.56 Å². The van der Waals surface area contributed by atoms with Crippen molar-refractivity contribution in [2.24, 2.45) is 4.99 Å². The molecule has 0 aliphatic carbocycles. The van der Waals surface area contributed by atoms with Crippen molar-refractivity contribution < 1.29 is 9.90 Å². The first-order chi connectivity index (χ1) is 9.66. The molecule has 4 nitrogen and oxygen atoms in total. The Balaban J connectivity index is 1.74. The number of carbonyl (C=O) groups is 1. The second-order valence-corrected chi connectivity index (χ2v) is 7.08. The Morgan fingerprint density at radius 2 is 2.10 bits per heavy atom. The fourth-order valence-electron chi connectivity index (χ4n) is 2.50. The number of carboxylic acid groups (broad SMARTS) is 1. The molecule has 0 bridgehead atoms. The van der Waals surface area contributed by atoms with Gasteiger partial charge >= 0.3 is 5.97 Å². The van der Waals surface area contributed by atoms with Gasteiger partial charge in [0.2, 0.25) is 0 Å². The third kappa shape index (κ3) is 2.60. The smallest absolute Gasteiger partial charge is 0.321 e. The molecular formula is C14H16N2O2S2. The first-order valence-electron chi connectivity index (χ1n) is 6.49. The summed E-state index contributed by atoms with van der Waals surface area (Å²) in [5.74, 6) is 0.840. The molecule has 20 heavy (non-hydrogen) atoms. The van der Waals surface area contributed by atoms with Gasteiger partial charge in [-0.3, -0.25) is 14.7 Å². The molecule has 2 aliphatic heterocycles. The van der Waals surface area contributed by atoms with Crippen molar-refractivity contribution in [3.63, 3.8) is 0 Å². The lowest BCUT2D eigenvalue weighted by Crippen LogP contribution is -2.42. The van der Waals surface area contributed by atoms with Crippen LogP contribution in [-0.4, -0.2) is 57.0 Å².